The number of hydrogen-bond acceptors (Lipinski definition) is 4. The number of anilines is 1. The van der Waals surface area contributed by atoms with Crippen LogP contribution in [0.2, 0.25) is 0 Å². The summed E-state index contributed by atoms with van der Waals surface area (Å²) in [5, 5.41) is 8.58. The largest absolute Gasteiger partial charge is 0.363 e. The summed E-state index contributed by atoms with van der Waals surface area (Å²) in [6.45, 7) is 7.95. The van der Waals surface area contributed by atoms with Gasteiger partial charge in [-0.2, -0.15) is 5.10 Å². The first-order valence-electron chi connectivity index (χ1n) is 9.18. The van der Waals surface area contributed by atoms with Gasteiger partial charge in [-0.1, -0.05) is 13.8 Å². The molecule has 1 aromatic heterocycles. The minimum atomic E-state index is 0. The summed E-state index contributed by atoms with van der Waals surface area (Å²) in [6.07, 6.45) is 5.42. The van der Waals surface area contributed by atoms with E-state index >= 15 is 0 Å². The van der Waals surface area contributed by atoms with Crippen molar-refractivity contribution in [1.29, 1.82) is 0 Å². The number of nitrogens with one attached hydrogen (secondary N) is 1. The van der Waals surface area contributed by atoms with Crippen molar-refractivity contribution >= 4 is 18.2 Å². The Morgan fingerprint density at radius 1 is 1.17 bits per heavy atom. The molecule has 0 bridgehead atoms. The molecule has 0 unspecified atom stereocenters. The topological polar surface area (TPSA) is 36.3 Å². The number of halogens is 1. The zero-order valence-electron chi connectivity index (χ0n) is 15.9. The Hall–Kier alpha value is -0.780. The number of aromatic nitrogens is 2. The third-order valence-electron chi connectivity index (χ3n) is 5.27. The predicted molar refractivity (Wildman–Crippen MR) is 103 cm³/mol. The highest BCUT2D eigenvalue weighted by Crippen LogP contribution is 2.30. The average Bonchev–Trinajstić information content (AvgIpc) is 3.29. The summed E-state index contributed by atoms with van der Waals surface area (Å²) in [6, 6.07) is 1.57. The van der Waals surface area contributed by atoms with Crippen LogP contribution in [0.4, 0.5) is 5.82 Å². The minimum Gasteiger partial charge on any atom is -0.363 e. The van der Waals surface area contributed by atoms with Gasteiger partial charge in [-0.05, 0) is 44.7 Å². The third-order valence-corrected chi connectivity index (χ3v) is 5.27. The SMILES string of the molecule is CC(C)c1nn(C)c(N(C)C)c1CNC1CCN(C2CC2)CC1.Cl. The van der Waals surface area contributed by atoms with E-state index in [4.69, 9.17) is 5.10 Å². The molecule has 6 heteroatoms. The van der Waals surface area contributed by atoms with E-state index in [0.717, 1.165) is 12.6 Å². The quantitative estimate of drug-likeness (QED) is 0.851. The number of hydrogen-bond donors (Lipinski definition) is 1. The zero-order valence-corrected chi connectivity index (χ0v) is 16.7. The van der Waals surface area contributed by atoms with Gasteiger partial charge < -0.3 is 15.1 Å². The first kappa shape index (κ1) is 19.5. The van der Waals surface area contributed by atoms with Crippen LogP contribution >= 0.6 is 12.4 Å². The third kappa shape index (κ3) is 4.24. The Morgan fingerprint density at radius 3 is 2.29 bits per heavy atom. The van der Waals surface area contributed by atoms with Crippen LogP contribution in [0.3, 0.4) is 0 Å². The molecule has 2 aliphatic rings. The maximum atomic E-state index is 4.77. The lowest BCUT2D eigenvalue weighted by atomic mass is 10.0. The number of piperidine rings is 1. The van der Waals surface area contributed by atoms with E-state index in [-0.39, 0.29) is 12.4 Å². The highest BCUT2D eigenvalue weighted by Gasteiger charge is 2.31. The van der Waals surface area contributed by atoms with Gasteiger partial charge >= 0.3 is 0 Å². The number of likely N-dealkylation sites (tertiary alicyclic amines) is 1. The lowest BCUT2D eigenvalue weighted by molar-refractivity contribution is 0.189. The average molecular weight is 356 g/mol. The van der Waals surface area contributed by atoms with Gasteiger partial charge in [0.2, 0.25) is 0 Å². The van der Waals surface area contributed by atoms with Crippen LogP contribution in [0.25, 0.3) is 0 Å². The van der Waals surface area contributed by atoms with E-state index in [1.807, 2.05) is 4.68 Å². The van der Waals surface area contributed by atoms with Crippen molar-refractivity contribution in [3.05, 3.63) is 11.3 Å². The van der Waals surface area contributed by atoms with Gasteiger partial charge in [-0.25, -0.2) is 0 Å². The van der Waals surface area contributed by atoms with E-state index in [1.165, 1.54) is 55.8 Å². The second-order valence-electron chi connectivity index (χ2n) is 7.78. The van der Waals surface area contributed by atoms with Gasteiger partial charge in [-0.15, -0.1) is 12.4 Å². The molecule has 1 aliphatic carbocycles. The molecule has 1 aliphatic heterocycles. The van der Waals surface area contributed by atoms with Crippen LogP contribution < -0.4 is 10.2 Å². The van der Waals surface area contributed by atoms with Crippen LogP contribution in [0.15, 0.2) is 0 Å². The summed E-state index contributed by atoms with van der Waals surface area (Å²) in [5.41, 5.74) is 2.61. The smallest absolute Gasteiger partial charge is 0.130 e. The van der Waals surface area contributed by atoms with Crippen LogP contribution in [0.1, 0.15) is 56.7 Å². The monoisotopic (exact) mass is 355 g/mol. The Labute approximate surface area is 153 Å². The molecule has 0 spiro atoms. The number of nitrogens with zero attached hydrogens (tertiary/aromatic N) is 4. The summed E-state index contributed by atoms with van der Waals surface area (Å²) < 4.78 is 2.03. The molecular formula is C18H34ClN5. The molecule has 138 valence electrons. The maximum Gasteiger partial charge on any atom is 0.130 e. The van der Waals surface area contributed by atoms with Crippen molar-refractivity contribution in [2.24, 2.45) is 7.05 Å². The summed E-state index contributed by atoms with van der Waals surface area (Å²) >= 11 is 0. The predicted octanol–water partition coefficient (Wildman–Crippen LogP) is 2.75. The van der Waals surface area contributed by atoms with E-state index < -0.39 is 0 Å². The van der Waals surface area contributed by atoms with Gasteiger partial charge in [0, 0.05) is 45.3 Å². The molecular weight excluding hydrogens is 322 g/mol. The number of aryl methyl sites for hydroxylation is 1. The first-order valence-corrected chi connectivity index (χ1v) is 9.18. The summed E-state index contributed by atoms with van der Waals surface area (Å²) in [5.74, 6) is 1.69. The fraction of sp³-hybridized carbons (Fsp3) is 0.833. The number of rotatable bonds is 6. The minimum absolute atomic E-state index is 0. The second-order valence-corrected chi connectivity index (χ2v) is 7.78. The molecule has 2 heterocycles. The molecule has 3 rings (SSSR count). The van der Waals surface area contributed by atoms with E-state index in [2.05, 4.69) is 50.1 Å². The van der Waals surface area contributed by atoms with Crippen LogP contribution in [-0.4, -0.2) is 53.9 Å². The summed E-state index contributed by atoms with van der Waals surface area (Å²) in [7, 11) is 6.27. The molecule has 1 saturated heterocycles. The Bertz CT molecular complexity index is 528. The Balaban J connectivity index is 0.00000208. The van der Waals surface area contributed by atoms with E-state index in [9.17, 15) is 0 Å². The molecule has 0 amide bonds. The van der Waals surface area contributed by atoms with Gasteiger partial charge in [0.05, 0.1) is 5.69 Å². The maximum absolute atomic E-state index is 4.77. The first-order chi connectivity index (χ1) is 11.0. The van der Waals surface area contributed by atoms with Crippen molar-refractivity contribution < 1.29 is 0 Å². The lowest BCUT2D eigenvalue weighted by Gasteiger charge is -2.32. The van der Waals surface area contributed by atoms with Crippen LogP contribution in [0, 0.1) is 0 Å². The molecule has 1 N–H and O–H groups in total. The fourth-order valence-electron chi connectivity index (χ4n) is 3.93. The van der Waals surface area contributed by atoms with Crippen molar-refractivity contribution in [2.75, 3.05) is 32.1 Å². The molecule has 0 radical (unpaired) electrons. The van der Waals surface area contributed by atoms with Crippen LogP contribution in [0.5, 0.6) is 0 Å². The van der Waals surface area contributed by atoms with Gasteiger partial charge in [-0.3, -0.25) is 4.68 Å². The molecule has 1 saturated carbocycles. The Morgan fingerprint density at radius 2 is 1.79 bits per heavy atom. The van der Waals surface area contributed by atoms with Crippen molar-refractivity contribution in [3.8, 4) is 0 Å². The van der Waals surface area contributed by atoms with Crippen molar-refractivity contribution in [2.45, 2.75) is 64.1 Å². The van der Waals surface area contributed by atoms with Crippen molar-refractivity contribution in [3.63, 3.8) is 0 Å². The second kappa shape index (κ2) is 8.07. The van der Waals surface area contributed by atoms with Crippen molar-refractivity contribution in [1.82, 2.24) is 20.0 Å². The molecule has 2 fully saturated rings. The highest BCUT2D eigenvalue weighted by atomic mass is 35.5. The molecule has 5 nitrogen and oxygen atoms in total. The molecule has 0 atom stereocenters. The lowest BCUT2D eigenvalue weighted by Crippen LogP contribution is -2.43. The highest BCUT2D eigenvalue weighted by molar-refractivity contribution is 5.85. The molecule has 0 aromatic carbocycles. The normalized spacial score (nSPS) is 19.6. The Kier molecular flexibility index (Phi) is 6.57. The summed E-state index contributed by atoms with van der Waals surface area (Å²) in [4.78, 5) is 4.87. The van der Waals surface area contributed by atoms with Crippen LogP contribution in [-0.2, 0) is 13.6 Å². The standard InChI is InChI=1S/C18H33N5.ClH/c1-13(2)17-16(18(21(3)4)22(5)20-17)12-19-14-8-10-23(11-9-14)15-6-7-15;/h13-15,19H,6-12H2,1-5H3;1H. The van der Waals surface area contributed by atoms with E-state index in [1.54, 1.807) is 0 Å². The van der Waals surface area contributed by atoms with Gasteiger partial charge in [0.25, 0.3) is 0 Å². The van der Waals surface area contributed by atoms with E-state index in [0.29, 0.717) is 12.0 Å². The van der Waals surface area contributed by atoms with Gasteiger partial charge in [0.15, 0.2) is 0 Å². The molecule has 24 heavy (non-hydrogen) atoms. The zero-order chi connectivity index (χ0) is 16.6. The molecule has 1 aromatic rings. The fourth-order valence-corrected chi connectivity index (χ4v) is 3.93. The van der Waals surface area contributed by atoms with Gasteiger partial charge in [0.1, 0.15) is 5.82 Å².